The van der Waals surface area contributed by atoms with Crippen LogP contribution in [0.5, 0.6) is 0 Å². The van der Waals surface area contributed by atoms with Crippen LogP contribution in [-0.4, -0.2) is 9.13 Å². The van der Waals surface area contributed by atoms with Crippen molar-refractivity contribution in [3.8, 4) is 44.8 Å². The Balaban J connectivity index is 1.15. The van der Waals surface area contributed by atoms with Crippen LogP contribution < -0.4 is 0 Å². The van der Waals surface area contributed by atoms with Crippen LogP contribution in [0.25, 0.3) is 88.4 Å². The van der Waals surface area contributed by atoms with Gasteiger partial charge in [-0.3, -0.25) is 0 Å². The van der Waals surface area contributed by atoms with Crippen LogP contribution in [0.4, 0.5) is 0 Å². The highest BCUT2D eigenvalue weighted by Crippen LogP contribution is 2.60. The average Bonchev–Trinajstić information content (AvgIpc) is 3.99. The van der Waals surface area contributed by atoms with E-state index in [-0.39, 0.29) is 0 Å². The fourth-order valence-corrected chi connectivity index (χ4v) is 11.0. The molecule has 63 heavy (non-hydrogen) atoms. The molecule has 12 aromatic rings. The van der Waals surface area contributed by atoms with Crippen molar-refractivity contribution in [2.45, 2.75) is 5.41 Å². The lowest BCUT2D eigenvalue weighted by Gasteiger charge is -2.34. The van der Waals surface area contributed by atoms with E-state index in [4.69, 9.17) is 0 Å². The summed E-state index contributed by atoms with van der Waals surface area (Å²) < 4.78 is 4.95. The summed E-state index contributed by atoms with van der Waals surface area (Å²) in [7, 11) is 0. The first kappa shape index (κ1) is 35.5. The van der Waals surface area contributed by atoms with Gasteiger partial charge in [-0.2, -0.15) is 0 Å². The predicted molar refractivity (Wildman–Crippen MR) is 263 cm³/mol. The maximum Gasteiger partial charge on any atom is 0.0714 e. The van der Waals surface area contributed by atoms with Gasteiger partial charge in [0.05, 0.1) is 27.5 Å². The standard InChI is InChI=1S/C61H40N2/c1-5-19-41(20-6-1)42-33-36-47(37-34-42)62-55-31-17-14-27-48(55)52-39-43(35-38-57(52)62)51-40-54-59(60-58(51)50-29-15-18-32-56(50)63(60)46-25-11-4-12-26-46)49-28-13-16-30-53(49)61(54,44-21-7-2-8-22-44)45-23-9-3-10-24-45/h1-40H. The Morgan fingerprint density at radius 1 is 0.302 bits per heavy atom. The van der Waals surface area contributed by atoms with Crippen LogP contribution in [0.2, 0.25) is 0 Å². The summed E-state index contributed by atoms with van der Waals surface area (Å²) in [6.45, 7) is 0. The molecule has 0 atom stereocenters. The smallest absolute Gasteiger partial charge is 0.0714 e. The Kier molecular flexibility index (Phi) is 7.85. The van der Waals surface area contributed by atoms with Crippen molar-refractivity contribution in [2.75, 3.05) is 0 Å². The number of rotatable bonds is 6. The lowest BCUT2D eigenvalue weighted by Crippen LogP contribution is -2.28. The Hall–Kier alpha value is -8.20. The van der Waals surface area contributed by atoms with E-state index in [1.54, 1.807) is 0 Å². The summed E-state index contributed by atoms with van der Waals surface area (Å²) in [5, 5.41) is 4.97. The molecule has 0 saturated carbocycles. The third-order valence-corrected chi connectivity index (χ3v) is 13.6. The lowest BCUT2D eigenvalue weighted by atomic mass is 9.67. The molecule has 0 bridgehead atoms. The van der Waals surface area contributed by atoms with Crippen LogP contribution in [0.15, 0.2) is 243 Å². The molecule has 1 aliphatic rings. The SMILES string of the molecule is c1ccc(-c2ccc(-n3c4ccccc4c4cc(-c5cc6c(c7c5c5ccccc5n7-c5ccccc5)-c5ccccc5C6(c5ccccc5)c5ccccc5)ccc43)cc2)cc1. The molecular weight excluding hydrogens is 761 g/mol. The van der Waals surface area contributed by atoms with Crippen molar-refractivity contribution in [1.29, 1.82) is 0 Å². The normalized spacial score (nSPS) is 12.9. The molecule has 2 nitrogen and oxygen atoms in total. The van der Waals surface area contributed by atoms with E-state index in [0.717, 1.165) is 11.4 Å². The number of benzene rings is 10. The van der Waals surface area contributed by atoms with E-state index in [9.17, 15) is 0 Å². The first-order chi connectivity index (χ1) is 31.3. The minimum absolute atomic E-state index is 0.568. The highest BCUT2D eigenvalue weighted by Gasteiger charge is 2.47. The maximum atomic E-state index is 2.56. The third-order valence-electron chi connectivity index (χ3n) is 13.6. The van der Waals surface area contributed by atoms with Gasteiger partial charge in [0.25, 0.3) is 0 Å². The van der Waals surface area contributed by atoms with E-state index in [1.165, 1.54) is 99.2 Å². The fraction of sp³-hybridized carbons (Fsp3) is 0.0164. The van der Waals surface area contributed by atoms with Gasteiger partial charge in [0.1, 0.15) is 0 Å². The molecule has 0 radical (unpaired) electrons. The largest absolute Gasteiger partial charge is 0.309 e. The molecule has 0 N–H and O–H groups in total. The van der Waals surface area contributed by atoms with E-state index in [2.05, 4.69) is 252 Å². The maximum absolute atomic E-state index is 2.56. The van der Waals surface area contributed by atoms with Gasteiger partial charge >= 0.3 is 0 Å². The average molecular weight is 801 g/mol. The van der Waals surface area contributed by atoms with Gasteiger partial charge in [0.2, 0.25) is 0 Å². The zero-order valence-electron chi connectivity index (χ0n) is 34.5. The summed E-state index contributed by atoms with van der Waals surface area (Å²) in [6, 6.07) is 89.6. The van der Waals surface area contributed by atoms with E-state index in [0.29, 0.717) is 0 Å². The summed E-state index contributed by atoms with van der Waals surface area (Å²) >= 11 is 0. The monoisotopic (exact) mass is 800 g/mol. The van der Waals surface area contributed by atoms with Crippen molar-refractivity contribution >= 4 is 43.6 Å². The third kappa shape index (κ3) is 5.13. The first-order valence-electron chi connectivity index (χ1n) is 21.9. The molecule has 10 aromatic carbocycles. The van der Waals surface area contributed by atoms with E-state index < -0.39 is 5.41 Å². The predicted octanol–water partition coefficient (Wildman–Crippen LogP) is 15.6. The quantitative estimate of drug-likeness (QED) is 0.159. The Labute approximate surface area is 366 Å². The molecule has 2 heteroatoms. The molecular formula is C61H40N2. The Morgan fingerprint density at radius 2 is 0.810 bits per heavy atom. The van der Waals surface area contributed by atoms with Crippen molar-refractivity contribution in [3.63, 3.8) is 0 Å². The molecule has 0 unspecified atom stereocenters. The van der Waals surface area contributed by atoms with Crippen molar-refractivity contribution in [1.82, 2.24) is 9.13 Å². The Bertz CT molecular complexity index is 3650. The molecule has 1 aliphatic carbocycles. The second-order valence-corrected chi connectivity index (χ2v) is 16.8. The topological polar surface area (TPSA) is 9.86 Å². The van der Waals surface area contributed by atoms with Crippen molar-refractivity contribution < 1.29 is 0 Å². The second-order valence-electron chi connectivity index (χ2n) is 16.8. The van der Waals surface area contributed by atoms with E-state index in [1.807, 2.05) is 0 Å². The van der Waals surface area contributed by atoms with Crippen LogP contribution in [0.1, 0.15) is 22.3 Å². The minimum atomic E-state index is -0.568. The summed E-state index contributed by atoms with van der Waals surface area (Å²) in [6.07, 6.45) is 0. The number of hydrogen-bond donors (Lipinski definition) is 0. The van der Waals surface area contributed by atoms with Crippen molar-refractivity contribution in [3.05, 3.63) is 265 Å². The van der Waals surface area contributed by atoms with Gasteiger partial charge in [0.15, 0.2) is 0 Å². The summed E-state index contributed by atoms with van der Waals surface area (Å²) in [5.74, 6) is 0. The molecule has 0 aliphatic heterocycles. The number of aromatic nitrogens is 2. The molecule has 0 spiro atoms. The lowest BCUT2D eigenvalue weighted by molar-refractivity contribution is 0.769. The number of hydrogen-bond acceptors (Lipinski definition) is 0. The van der Waals surface area contributed by atoms with Crippen LogP contribution in [0, 0.1) is 0 Å². The van der Waals surface area contributed by atoms with Gasteiger partial charge in [-0.25, -0.2) is 0 Å². The zero-order chi connectivity index (χ0) is 41.5. The highest BCUT2D eigenvalue weighted by atomic mass is 15.0. The van der Waals surface area contributed by atoms with Crippen LogP contribution in [0.3, 0.4) is 0 Å². The molecule has 13 rings (SSSR count). The number of fused-ring (bicyclic) bond motifs is 10. The fourth-order valence-electron chi connectivity index (χ4n) is 11.0. The Morgan fingerprint density at radius 3 is 1.51 bits per heavy atom. The highest BCUT2D eigenvalue weighted by molar-refractivity contribution is 6.22. The van der Waals surface area contributed by atoms with Crippen molar-refractivity contribution in [2.24, 2.45) is 0 Å². The first-order valence-corrected chi connectivity index (χ1v) is 21.9. The van der Waals surface area contributed by atoms with E-state index >= 15 is 0 Å². The van der Waals surface area contributed by atoms with Gasteiger partial charge in [-0.15, -0.1) is 0 Å². The van der Waals surface area contributed by atoms with Gasteiger partial charge in [-0.1, -0.05) is 188 Å². The molecule has 0 saturated heterocycles. The zero-order valence-corrected chi connectivity index (χ0v) is 34.5. The van der Waals surface area contributed by atoms with Gasteiger partial charge in [-0.05, 0) is 105 Å². The summed E-state index contributed by atoms with van der Waals surface area (Å²) in [5.41, 5.74) is 19.1. The second kappa shape index (κ2) is 13.9. The van der Waals surface area contributed by atoms with Crippen LogP contribution >= 0.6 is 0 Å². The molecule has 294 valence electrons. The molecule has 2 heterocycles. The molecule has 0 fully saturated rings. The summed E-state index contributed by atoms with van der Waals surface area (Å²) in [4.78, 5) is 0. The van der Waals surface area contributed by atoms with Gasteiger partial charge < -0.3 is 9.13 Å². The molecule has 0 amide bonds. The van der Waals surface area contributed by atoms with Crippen LogP contribution in [-0.2, 0) is 5.41 Å². The van der Waals surface area contributed by atoms with Gasteiger partial charge in [0, 0.05) is 38.5 Å². The number of nitrogens with zero attached hydrogens (tertiary/aromatic N) is 2. The molecule has 2 aromatic heterocycles. The number of para-hydroxylation sites is 3. The minimum Gasteiger partial charge on any atom is -0.309 e.